The number of carbonyl (C=O) groups is 2. The van der Waals surface area contributed by atoms with Crippen molar-refractivity contribution in [1.29, 1.82) is 0 Å². The molecule has 9 heteroatoms. The van der Waals surface area contributed by atoms with Gasteiger partial charge >= 0.3 is 5.97 Å². The van der Waals surface area contributed by atoms with Crippen LogP contribution >= 0.6 is 0 Å². The monoisotopic (exact) mass is 420 g/mol. The van der Waals surface area contributed by atoms with E-state index in [4.69, 9.17) is 4.74 Å². The zero-order valence-electron chi connectivity index (χ0n) is 16.5. The number of esters is 1. The van der Waals surface area contributed by atoms with Crippen LogP contribution in [-0.2, 0) is 19.6 Å². The fraction of sp³-hybridized carbons (Fsp3) is 0.300. The van der Waals surface area contributed by atoms with E-state index in [1.54, 1.807) is 26.8 Å². The van der Waals surface area contributed by atoms with Crippen LogP contribution in [0, 0.1) is 6.92 Å². The first-order valence-corrected chi connectivity index (χ1v) is 10.5. The van der Waals surface area contributed by atoms with Gasteiger partial charge < -0.3 is 15.2 Å². The summed E-state index contributed by atoms with van der Waals surface area (Å²) in [5.41, 5.74) is 1.18. The minimum Gasteiger partial charge on any atom is -0.508 e. The molecule has 0 saturated heterocycles. The lowest BCUT2D eigenvalue weighted by molar-refractivity contribution is -0.119. The minimum absolute atomic E-state index is 0.00862. The molecule has 0 aliphatic rings. The first kappa shape index (κ1) is 22.4. The lowest BCUT2D eigenvalue weighted by atomic mass is 10.2. The number of nitrogens with one attached hydrogen (secondary N) is 1. The molecule has 0 bridgehead atoms. The lowest BCUT2D eigenvalue weighted by Crippen LogP contribution is -2.30. The summed E-state index contributed by atoms with van der Waals surface area (Å²) < 4.78 is 31.6. The molecular formula is C20H24N2O6S. The van der Waals surface area contributed by atoms with E-state index in [9.17, 15) is 23.1 Å². The second kappa shape index (κ2) is 9.53. The van der Waals surface area contributed by atoms with Crippen molar-refractivity contribution in [3.8, 4) is 5.75 Å². The van der Waals surface area contributed by atoms with Gasteiger partial charge in [-0.15, -0.1) is 0 Å². The number of hydrogen-bond acceptors (Lipinski definition) is 6. The van der Waals surface area contributed by atoms with Crippen molar-refractivity contribution < 1.29 is 27.9 Å². The number of phenolic OH excluding ortho intramolecular Hbond substituents is 1. The summed E-state index contributed by atoms with van der Waals surface area (Å²) in [4.78, 5) is 24.2. The molecule has 0 heterocycles. The summed E-state index contributed by atoms with van der Waals surface area (Å²) in [6, 6.07) is 9.91. The van der Waals surface area contributed by atoms with E-state index >= 15 is 0 Å². The summed E-state index contributed by atoms with van der Waals surface area (Å²) in [5, 5.41) is 11.8. The second-order valence-electron chi connectivity index (χ2n) is 6.24. The van der Waals surface area contributed by atoms with Crippen LogP contribution < -0.4 is 5.32 Å². The van der Waals surface area contributed by atoms with Crippen molar-refractivity contribution in [3.05, 3.63) is 53.6 Å². The molecule has 0 radical (unpaired) electrons. The molecule has 0 unspecified atom stereocenters. The molecular weight excluding hydrogens is 396 g/mol. The molecule has 0 spiro atoms. The molecule has 2 N–H and O–H groups in total. The van der Waals surface area contributed by atoms with E-state index in [1.807, 2.05) is 0 Å². The van der Waals surface area contributed by atoms with Gasteiger partial charge in [0.05, 0.1) is 10.5 Å². The van der Waals surface area contributed by atoms with Crippen molar-refractivity contribution in [2.45, 2.75) is 25.7 Å². The summed E-state index contributed by atoms with van der Waals surface area (Å²) in [5.74, 6) is -1.30. The first-order chi connectivity index (χ1) is 13.7. The molecule has 29 heavy (non-hydrogen) atoms. The van der Waals surface area contributed by atoms with Gasteiger partial charge in [0.1, 0.15) is 5.75 Å². The van der Waals surface area contributed by atoms with Crippen LogP contribution in [0.3, 0.4) is 0 Å². The first-order valence-electron chi connectivity index (χ1n) is 9.05. The molecule has 0 aromatic heterocycles. The van der Waals surface area contributed by atoms with Crippen LogP contribution in [0.2, 0.25) is 0 Å². The summed E-state index contributed by atoms with van der Waals surface area (Å²) in [6.07, 6.45) is 0. The number of sulfonamides is 1. The largest absolute Gasteiger partial charge is 0.508 e. The van der Waals surface area contributed by atoms with Crippen LogP contribution in [0.1, 0.15) is 29.8 Å². The van der Waals surface area contributed by atoms with Crippen LogP contribution in [0.4, 0.5) is 5.69 Å². The highest BCUT2D eigenvalue weighted by molar-refractivity contribution is 7.89. The summed E-state index contributed by atoms with van der Waals surface area (Å²) in [7, 11) is -3.67. The number of amides is 1. The van der Waals surface area contributed by atoms with Gasteiger partial charge in [0.15, 0.2) is 6.61 Å². The van der Waals surface area contributed by atoms with E-state index < -0.39 is 28.5 Å². The summed E-state index contributed by atoms with van der Waals surface area (Å²) >= 11 is 0. The highest BCUT2D eigenvalue weighted by Crippen LogP contribution is 2.23. The number of aromatic hydroxyl groups is 1. The Morgan fingerprint density at radius 2 is 1.69 bits per heavy atom. The Morgan fingerprint density at radius 3 is 2.28 bits per heavy atom. The van der Waals surface area contributed by atoms with E-state index in [0.717, 1.165) is 0 Å². The number of nitrogens with zero attached hydrogens (tertiary/aromatic N) is 1. The molecule has 8 nitrogen and oxygen atoms in total. The van der Waals surface area contributed by atoms with Crippen molar-refractivity contribution in [2.75, 3.05) is 25.0 Å². The van der Waals surface area contributed by atoms with Crippen LogP contribution in [0.25, 0.3) is 0 Å². The normalized spacial score (nSPS) is 11.3. The smallest absolute Gasteiger partial charge is 0.338 e. The van der Waals surface area contributed by atoms with Gasteiger partial charge in [0, 0.05) is 18.8 Å². The number of benzene rings is 2. The zero-order valence-corrected chi connectivity index (χ0v) is 17.3. The quantitative estimate of drug-likeness (QED) is 0.635. The molecule has 0 fully saturated rings. The van der Waals surface area contributed by atoms with Gasteiger partial charge in [0.2, 0.25) is 10.0 Å². The molecule has 2 aromatic carbocycles. The number of anilines is 1. The number of carbonyl (C=O) groups excluding carboxylic acids is 2. The Bertz CT molecular complexity index is 983. The van der Waals surface area contributed by atoms with Crippen molar-refractivity contribution in [2.24, 2.45) is 0 Å². The van der Waals surface area contributed by atoms with Crippen molar-refractivity contribution in [3.63, 3.8) is 0 Å². The van der Waals surface area contributed by atoms with Crippen LogP contribution in [0.15, 0.2) is 47.4 Å². The van der Waals surface area contributed by atoms with E-state index in [1.165, 1.54) is 40.7 Å². The van der Waals surface area contributed by atoms with E-state index in [-0.39, 0.29) is 16.2 Å². The van der Waals surface area contributed by atoms with Gasteiger partial charge in [-0.2, -0.15) is 4.31 Å². The minimum atomic E-state index is -3.67. The topological polar surface area (TPSA) is 113 Å². The number of hydrogen-bond donors (Lipinski definition) is 2. The standard InChI is InChI=1S/C20H24N2O6S/c1-4-22(5-2)29(26,27)17-11-6-14(3)18(12-17)21-19(24)13-28-20(25)15-7-9-16(23)10-8-15/h6-12,23H,4-5,13H2,1-3H3,(H,21,24). The highest BCUT2D eigenvalue weighted by Gasteiger charge is 2.22. The van der Waals surface area contributed by atoms with Gasteiger partial charge in [-0.1, -0.05) is 19.9 Å². The Labute approximate surface area is 170 Å². The zero-order chi connectivity index (χ0) is 21.6. The third-order valence-electron chi connectivity index (χ3n) is 4.26. The third kappa shape index (κ3) is 5.55. The number of phenols is 1. The molecule has 2 rings (SSSR count). The molecule has 0 saturated carbocycles. The fourth-order valence-corrected chi connectivity index (χ4v) is 4.09. The number of aryl methyl sites for hydroxylation is 1. The molecule has 1 amide bonds. The molecule has 2 aromatic rings. The predicted octanol–water partition coefficient (Wildman–Crippen LogP) is 2.53. The fourth-order valence-electron chi connectivity index (χ4n) is 2.61. The van der Waals surface area contributed by atoms with Gasteiger partial charge in [-0.05, 0) is 48.9 Å². The number of ether oxygens (including phenoxy) is 1. The lowest BCUT2D eigenvalue weighted by Gasteiger charge is -2.19. The average molecular weight is 420 g/mol. The van der Waals surface area contributed by atoms with Gasteiger partial charge in [0.25, 0.3) is 5.91 Å². The van der Waals surface area contributed by atoms with Crippen molar-refractivity contribution >= 4 is 27.6 Å². The van der Waals surface area contributed by atoms with E-state index in [0.29, 0.717) is 24.3 Å². The maximum atomic E-state index is 12.7. The SMILES string of the molecule is CCN(CC)S(=O)(=O)c1ccc(C)c(NC(=O)COC(=O)c2ccc(O)cc2)c1. The van der Waals surface area contributed by atoms with Crippen LogP contribution in [0.5, 0.6) is 5.75 Å². The molecule has 156 valence electrons. The average Bonchev–Trinajstić information content (AvgIpc) is 2.69. The summed E-state index contributed by atoms with van der Waals surface area (Å²) in [6.45, 7) is 5.36. The molecule has 0 atom stereocenters. The predicted molar refractivity (Wildman–Crippen MR) is 108 cm³/mol. The highest BCUT2D eigenvalue weighted by atomic mass is 32.2. The third-order valence-corrected chi connectivity index (χ3v) is 6.31. The number of rotatable bonds is 8. The maximum absolute atomic E-state index is 12.7. The Kier molecular flexibility index (Phi) is 7.35. The Hall–Kier alpha value is -2.91. The van der Waals surface area contributed by atoms with Gasteiger partial charge in [-0.25, -0.2) is 13.2 Å². The van der Waals surface area contributed by atoms with Crippen LogP contribution in [-0.4, -0.2) is 49.4 Å². The maximum Gasteiger partial charge on any atom is 0.338 e. The second-order valence-corrected chi connectivity index (χ2v) is 8.18. The van der Waals surface area contributed by atoms with Gasteiger partial charge in [-0.3, -0.25) is 4.79 Å². The van der Waals surface area contributed by atoms with Crippen molar-refractivity contribution in [1.82, 2.24) is 4.31 Å². The molecule has 0 aliphatic heterocycles. The Morgan fingerprint density at radius 1 is 1.07 bits per heavy atom. The van der Waals surface area contributed by atoms with E-state index in [2.05, 4.69) is 5.32 Å². The molecule has 0 aliphatic carbocycles. The Balaban J connectivity index is 2.08.